The molecule has 0 aromatic heterocycles. The smallest absolute Gasteiger partial charge is 0.261 e. The zero-order valence-corrected chi connectivity index (χ0v) is 18.7. The third-order valence-electron chi connectivity index (χ3n) is 4.51. The highest BCUT2D eigenvalue weighted by Crippen LogP contribution is 2.31. The molecule has 3 aromatic rings. The summed E-state index contributed by atoms with van der Waals surface area (Å²) < 4.78 is 38.4. The van der Waals surface area contributed by atoms with E-state index in [9.17, 15) is 13.2 Å². The number of para-hydroxylation sites is 1. The number of ether oxygens (including phenoxy) is 2. The van der Waals surface area contributed by atoms with Crippen LogP contribution in [0.1, 0.15) is 15.9 Å². The van der Waals surface area contributed by atoms with Gasteiger partial charge >= 0.3 is 0 Å². The second kappa shape index (κ2) is 9.28. The predicted octanol–water partition coefficient (Wildman–Crippen LogP) is 4.72. The number of carbonyl (C=O) groups excluding carboxylic acids is 1. The first-order valence-electron chi connectivity index (χ1n) is 9.16. The lowest BCUT2D eigenvalue weighted by Crippen LogP contribution is -2.15. The molecule has 0 saturated heterocycles. The number of rotatable bonds is 7. The molecule has 3 aromatic carbocycles. The van der Waals surface area contributed by atoms with Crippen molar-refractivity contribution in [1.82, 2.24) is 0 Å². The van der Waals surface area contributed by atoms with E-state index in [1.807, 2.05) is 0 Å². The van der Waals surface area contributed by atoms with Gasteiger partial charge in [-0.3, -0.25) is 9.52 Å². The Kier molecular flexibility index (Phi) is 6.72. The van der Waals surface area contributed by atoms with Gasteiger partial charge in [-0.1, -0.05) is 23.7 Å². The standard InChI is InChI=1S/C22H21ClN2O5S/c1-14-7-8-15(23)13-19(14)25-31(27,28)17-11-9-16(10-12-17)24-22(26)18-5-4-6-20(29-2)21(18)30-3/h4-13,25H,1-3H3,(H,24,26). The number of carbonyl (C=O) groups is 1. The van der Waals surface area contributed by atoms with Crippen LogP contribution in [-0.4, -0.2) is 28.5 Å². The average molecular weight is 461 g/mol. The minimum absolute atomic E-state index is 0.0452. The fourth-order valence-corrected chi connectivity index (χ4v) is 4.18. The maximum absolute atomic E-state index is 12.7. The molecule has 162 valence electrons. The molecule has 0 bridgehead atoms. The summed E-state index contributed by atoms with van der Waals surface area (Å²) in [4.78, 5) is 12.7. The van der Waals surface area contributed by atoms with Gasteiger partial charge in [0.2, 0.25) is 0 Å². The van der Waals surface area contributed by atoms with Crippen LogP contribution in [-0.2, 0) is 10.0 Å². The lowest BCUT2D eigenvalue weighted by Gasteiger charge is -2.13. The predicted molar refractivity (Wildman–Crippen MR) is 121 cm³/mol. The van der Waals surface area contributed by atoms with E-state index in [4.69, 9.17) is 21.1 Å². The molecule has 7 nitrogen and oxygen atoms in total. The summed E-state index contributed by atoms with van der Waals surface area (Å²) in [5.74, 6) is 0.320. The first-order valence-corrected chi connectivity index (χ1v) is 11.0. The summed E-state index contributed by atoms with van der Waals surface area (Å²) in [5.41, 5.74) is 1.85. The Balaban J connectivity index is 1.79. The van der Waals surface area contributed by atoms with Gasteiger partial charge in [-0.15, -0.1) is 0 Å². The number of halogens is 1. The lowest BCUT2D eigenvalue weighted by molar-refractivity contribution is 0.102. The van der Waals surface area contributed by atoms with Gasteiger partial charge in [0.25, 0.3) is 15.9 Å². The van der Waals surface area contributed by atoms with Crippen LogP contribution in [0.4, 0.5) is 11.4 Å². The van der Waals surface area contributed by atoms with E-state index in [2.05, 4.69) is 10.0 Å². The molecule has 0 saturated carbocycles. The number of hydrogen-bond donors (Lipinski definition) is 2. The second-order valence-electron chi connectivity index (χ2n) is 6.58. The van der Waals surface area contributed by atoms with Crippen LogP contribution in [0.3, 0.4) is 0 Å². The quantitative estimate of drug-likeness (QED) is 0.532. The number of methoxy groups -OCH3 is 2. The van der Waals surface area contributed by atoms with E-state index < -0.39 is 15.9 Å². The Labute approximate surface area is 186 Å². The number of nitrogens with one attached hydrogen (secondary N) is 2. The molecule has 0 aliphatic rings. The van der Waals surface area contributed by atoms with Crippen LogP contribution in [0, 0.1) is 6.92 Å². The maximum Gasteiger partial charge on any atom is 0.261 e. The molecule has 9 heteroatoms. The van der Waals surface area contributed by atoms with Crippen molar-refractivity contribution in [3.8, 4) is 11.5 Å². The molecule has 0 radical (unpaired) electrons. The second-order valence-corrected chi connectivity index (χ2v) is 8.70. The minimum Gasteiger partial charge on any atom is -0.493 e. The van der Waals surface area contributed by atoms with Crippen LogP contribution in [0.5, 0.6) is 11.5 Å². The van der Waals surface area contributed by atoms with Crippen LogP contribution < -0.4 is 19.5 Å². The molecule has 0 atom stereocenters. The Hall–Kier alpha value is -3.23. The van der Waals surface area contributed by atoms with E-state index in [0.717, 1.165) is 5.56 Å². The van der Waals surface area contributed by atoms with Gasteiger partial charge in [0.05, 0.1) is 30.4 Å². The Morgan fingerprint density at radius 1 is 0.968 bits per heavy atom. The summed E-state index contributed by atoms with van der Waals surface area (Å²) in [6, 6.07) is 15.7. The van der Waals surface area contributed by atoms with Gasteiger partial charge in [-0.05, 0) is 61.0 Å². The number of amides is 1. The molecule has 3 rings (SSSR count). The van der Waals surface area contributed by atoms with Crippen molar-refractivity contribution < 1.29 is 22.7 Å². The van der Waals surface area contributed by atoms with Gasteiger partial charge in [0.1, 0.15) is 0 Å². The van der Waals surface area contributed by atoms with Crippen molar-refractivity contribution in [2.75, 3.05) is 24.3 Å². The summed E-state index contributed by atoms with van der Waals surface area (Å²) in [6.45, 7) is 1.78. The molecule has 0 aliphatic heterocycles. The van der Waals surface area contributed by atoms with E-state index in [0.29, 0.717) is 27.9 Å². The molecular formula is C22H21ClN2O5S. The maximum atomic E-state index is 12.7. The van der Waals surface area contributed by atoms with Crippen LogP contribution in [0.2, 0.25) is 5.02 Å². The minimum atomic E-state index is -3.83. The van der Waals surface area contributed by atoms with Crippen molar-refractivity contribution >= 4 is 38.9 Å². The first-order chi connectivity index (χ1) is 14.7. The van der Waals surface area contributed by atoms with Gasteiger partial charge in [-0.2, -0.15) is 0 Å². The fourth-order valence-electron chi connectivity index (χ4n) is 2.89. The van der Waals surface area contributed by atoms with E-state index in [1.54, 1.807) is 43.3 Å². The van der Waals surface area contributed by atoms with Crippen LogP contribution in [0.15, 0.2) is 65.6 Å². The Morgan fingerprint density at radius 3 is 2.32 bits per heavy atom. The molecule has 0 spiro atoms. The fraction of sp³-hybridized carbons (Fsp3) is 0.136. The molecule has 0 heterocycles. The van der Waals surface area contributed by atoms with Crippen molar-refractivity contribution in [2.24, 2.45) is 0 Å². The van der Waals surface area contributed by atoms with E-state index in [-0.39, 0.29) is 10.5 Å². The summed E-state index contributed by atoms with van der Waals surface area (Å²) in [5, 5.41) is 3.15. The molecule has 2 N–H and O–H groups in total. The summed E-state index contributed by atoms with van der Waals surface area (Å²) in [6.07, 6.45) is 0. The molecule has 0 unspecified atom stereocenters. The zero-order chi connectivity index (χ0) is 22.6. The zero-order valence-electron chi connectivity index (χ0n) is 17.1. The molecular weight excluding hydrogens is 440 g/mol. The van der Waals surface area contributed by atoms with Gasteiger partial charge in [0, 0.05) is 10.7 Å². The Morgan fingerprint density at radius 2 is 1.68 bits per heavy atom. The first kappa shape index (κ1) is 22.5. The monoisotopic (exact) mass is 460 g/mol. The Bertz CT molecular complexity index is 1210. The number of hydrogen-bond acceptors (Lipinski definition) is 5. The number of benzene rings is 3. The number of sulfonamides is 1. The SMILES string of the molecule is COc1cccc(C(=O)Nc2ccc(S(=O)(=O)Nc3cc(Cl)ccc3C)cc2)c1OC. The lowest BCUT2D eigenvalue weighted by atomic mass is 10.1. The highest BCUT2D eigenvalue weighted by Gasteiger charge is 2.18. The number of aryl methyl sites for hydroxylation is 1. The van der Waals surface area contributed by atoms with Crippen molar-refractivity contribution in [3.05, 3.63) is 76.8 Å². The molecule has 0 fully saturated rings. The normalized spacial score (nSPS) is 11.0. The largest absolute Gasteiger partial charge is 0.493 e. The van der Waals surface area contributed by atoms with Crippen LogP contribution in [0.25, 0.3) is 0 Å². The molecule has 0 aliphatic carbocycles. The van der Waals surface area contributed by atoms with Crippen LogP contribution >= 0.6 is 11.6 Å². The van der Waals surface area contributed by atoms with Gasteiger partial charge < -0.3 is 14.8 Å². The van der Waals surface area contributed by atoms with Crippen molar-refractivity contribution in [2.45, 2.75) is 11.8 Å². The number of anilines is 2. The van der Waals surface area contributed by atoms with Gasteiger partial charge in [-0.25, -0.2) is 8.42 Å². The van der Waals surface area contributed by atoms with E-state index in [1.165, 1.54) is 38.5 Å². The third-order valence-corrected chi connectivity index (χ3v) is 6.13. The summed E-state index contributed by atoms with van der Waals surface area (Å²) in [7, 11) is -0.896. The molecule has 31 heavy (non-hydrogen) atoms. The highest BCUT2D eigenvalue weighted by atomic mass is 35.5. The van der Waals surface area contributed by atoms with Gasteiger partial charge in [0.15, 0.2) is 11.5 Å². The van der Waals surface area contributed by atoms with Crippen molar-refractivity contribution in [1.29, 1.82) is 0 Å². The summed E-state index contributed by atoms with van der Waals surface area (Å²) >= 11 is 5.96. The third kappa shape index (κ3) is 5.10. The van der Waals surface area contributed by atoms with E-state index >= 15 is 0 Å². The highest BCUT2D eigenvalue weighted by molar-refractivity contribution is 7.92. The van der Waals surface area contributed by atoms with Crippen molar-refractivity contribution in [3.63, 3.8) is 0 Å². The molecule has 1 amide bonds. The topological polar surface area (TPSA) is 93.7 Å². The average Bonchev–Trinajstić information content (AvgIpc) is 2.75.